The lowest BCUT2D eigenvalue weighted by molar-refractivity contribution is 0.0924. The second-order valence-corrected chi connectivity index (χ2v) is 7.77. The van der Waals surface area contributed by atoms with Crippen molar-refractivity contribution in [2.45, 2.75) is 17.5 Å². The van der Waals surface area contributed by atoms with E-state index in [0.717, 1.165) is 22.3 Å². The maximum Gasteiger partial charge on any atom is 0.287 e. The lowest BCUT2D eigenvalue weighted by Crippen LogP contribution is -2.23. The minimum Gasteiger partial charge on any atom is -0.451 e. The van der Waals surface area contributed by atoms with Gasteiger partial charge in [0.25, 0.3) is 5.91 Å². The fourth-order valence-electron chi connectivity index (χ4n) is 2.97. The van der Waals surface area contributed by atoms with Gasteiger partial charge in [-0.1, -0.05) is 36.0 Å². The number of carbonyl (C=O) groups excluding carboxylic acids is 1. The number of benzene rings is 1. The van der Waals surface area contributed by atoms with Crippen molar-refractivity contribution in [2.75, 3.05) is 19.0 Å². The molecule has 30 heavy (non-hydrogen) atoms. The summed E-state index contributed by atoms with van der Waals surface area (Å²) in [6.45, 7) is 0.366. The predicted molar refractivity (Wildman–Crippen MR) is 118 cm³/mol. The molecule has 0 fully saturated rings. The Morgan fingerprint density at radius 2 is 1.87 bits per heavy atom. The first kappa shape index (κ1) is 19.9. The molecule has 4 aromatic rings. The molecule has 152 valence electrons. The number of nitrogens with zero attached hydrogens (tertiary/aromatic N) is 4. The fourth-order valence-corrected chi connectivity index (χ4v) is 3.80. The van der Waals surface area contributed by atoms with Gasteiger partial charge >= 0.3 is 0 Å². The van der Waals surface area contributed by atoms with Gasteiger partial charge in [-0.15, -0.1) is 0 Å². The number of amides is 1. The molecule has 0 spiro atoms. The number of pyridine rings is 1. The number of rotatable bonds is 7. The Morgan fingerprint density at radius 3 is 2.60 bits per heavy atom. The highest BCUT2D eigenvalue weighted by Crippen LogP contribution is 2.31. The second kappa shape index (κ2) is 8.96. The van der Waals surface area contributed by atoms with Gasteiger partial charge in [0.05, 0.1) is 0 Å². The molecule has 4 rings (SSSR count). The number of nitrogens with one attached hydrogen (secondary N) is 1. The minimum atomic E-state index is -0.257. The van der Waals surface area contributed by atoms with Crippen molar-refractivity contribution in [1.29, 1.82) is 0 Å². The van der Waals surface area contributed by atoms with Crippen molar-refractivity contribution in [3.8, 4) is 0 Å². The average molecular weight is 420 g/mol. The molecule has 1 aromatic carbocycles. The van der Waals surface area contributed by atoms with Crippen LogP contribution in [0.25, 0.3) is 11.0 Å². The molecule has 1 N–H and O–H groups in total. The molecule has 0 atom stereocenters. The maximum absolute atomic E-state index is 12.9. The average Bonchev–Trinajstić information content (AvgIpc) is 3.16. The molecular formula is C22H21N5O2S. The van der Waals surface area contributed by atoms with Gasteiger partial charge in [0.2, 0.25) is 0 Å². The third-order valence-electron chi connectivity index (χ3n) is 4.51. The van der Waals surface area contributed by atoms with E-state index >= 15 is 0 Å². The van der Waals surface area contributed by atoms with Crippen molar-refractivity contribution >= 4 is 34.5 Å². The first-order valence-corrected chi connectivity index (χ1v) is 10.4. The Labute approximate surface area is 178 Å². The van der Waals surface area contributed by atoms with E-state index in [-0.39, 0.29) is 5.91 Å². The molecule has 3 aromatic heterocycles. The van der Waals surface area contributed by atoms with Crippen LogP contribution in [0.2, 0.25) is 0 Å². The Hall–Kier alpha value is -3.39. The second-order valence-electron chi connectivity index (χ2n) is 6.83. The number of anilines is 1. The smallest absolute Gasteiger partial charge is 0.287 e. The van der Waals surface area contributed by atoms with Crippen LogP contribution in [0.4, 0.5) is 5.82 Å². The van der Waals surface area contributed by atoms with Gasteiger partial charge in [0.1, 0.15) is 11.4 Å². The number of carbonyl (C=O) groups is 1. The molecule has 0 saturated heterocycles. The standard InChI is InChI=1S/C22H21N5O2S/c1-27(2)19-9-8-15(12-25-19)13-26-21(28)20-17(14-30-22-23-10-5-11-24-22)16-6-3-4-7-18(16)29-20/h3-12H,13-14H2,1-2H3,(H,26,28). The zero-order valence-corrected chi connectivity index (χ0v) is 17.5. The van der Waals surface area contributed by atoms with E-state index in [2.05, 4.69) is 20.3 Å². The van der Waals surface area contributed by atoms with Gasteiger partial charge in [-0.25, -0.2) is 15.0 Å². The van der Waals surface area contributed by atoms with Crippen LogP contribution in [0.3, 0.4) is 0 Å². The summed E-state index contributed by atoms with van der Waals surface area (Å²) < 4.78 is 5.90. The molecule has 0 aliphatic rings. The lowest BCUT2D eigenvalue weighted by Gasteiger charge is -2.11. The third-order valence-corrected chi connectivity index (χ3v) is 5.41. The van der Waals surface area contributed by atoms with E-state index in [1.807, 2.05) is 55.4 Å². The zero-order valence-electron chi connectivity index (χ0n) is 16.7. The number of hydrogen-bond acceptors (Lipinski definition) is 7. The van der Waals surface area contributed by atoms with Crippen LogP contribution in [0.15, 0.2) is 70.6 Å². The molecule has 3 heterocycles. The van der Waals surface area contributed by atoms with Crippen LogP contribution in [-0.4, -0.2) is 35.0 Å². The summed E-state index contributed by atoms with van der Waals surface area (Å²) in [5.74, 6) is 1.46. The molecular weight excluding hydrogens is 398 g/mol. The molecule has 0 aliphatic carbocycles. The highest BCUT2D eigenvalue weighted by molar-refractivity contribution is 7.98. The largest absolute Gasteiger partial charge is 0.451 e. The third kappa shape index (κ3) is 4.44. The van der Waals surface area contributed by atoms with Gasteiger partial charge in [-0.3, -0.25) is 4.79 Å². The monoisotopic (exact) mass is 419 g/mol. The molecule has 0 saturated carbocycles. The summed E-state index contributed by atoms with van der Waals surface area (Å²) in [6.07, 6.45) is 5.16. The van der Waals surface area contributed by atoms with E-state index in [4.69, 9.17) is 4.42 Å². The normalized spacial score (nSPS) is 10.9. The maximum atomic E-state index is 12.9. The van der Waals surface area contributed by atoms with Crippen LogP contribution >= 0.6 is 11.8 Å². The summed E-state index contributed by atoms with van der Waals surface area (Å²) in [4.78, 5) is 27.7. The summed E-state index contributed by atoms with van der Waals surface area (Å²) in [6, 6.07) is 13.3. The van der Waals surface area contributed by atoms with E-state index in [1.165, 1.54) is 11.8 Å². The quantitative estimate of drug-likeness (QED) is 0.359. The number of furan rings is 1. The van der Waals surface area contributed by atoms with Crippen LogP contribution in [0.1, 0.15) is 21.7 Å². The number of aromatic nitrogens is 3. The van der Waals surface area contributed by atoms with Crippen LogP contribution in [-0.2, 0) is 12.3 Å². The van der Waals surface area contributed by atoms with E-state index in [1.54, 1.807) is 24.7 Å². The van der Waals surface area contributed by atoms with Crippen molar-refractivity contribution in [2.24, 2.45) is 0 Å². The number of para-hydroxylation sites is 1. The fraction of sp³-hybridized carbons (Fsp3) is 0.182. The number of thioether (sulfide) groups is 1. The molecule has 0 radical (unpaired) electrons. The number of fused-ring (bicyclic) bond motifs is 1. The molecule has 1 amide bonds. The lowest BCUT2D eigenvalue weighted by atomic mass is 10.1. The summed E-state index contributed by atoms with van der Waals surface area (Å²) >= 11 is 1.47. The first-order valence-electron chi connectivity index (χ1n) is 9.42. The Kier molecular flexibility index (Phi) is 5.94. The molecule has 0 bridgehead atoms. The van der Waals surface area contributed by atoms with Gasteiger partial charge in [-0.2, -0.15) is 0 Å². The van der Waals surface area contributed by atoms with Gasteiger partial charge in [-0.05, 0) is 23.8 Å². The van der Waals surface area contributed by atoms with Gasteiger partial charge in [0, 0.05) is 55.9 Å². The highest BCUT2D eigenvalue weighted by atomic mass is 32.2. The summed E-state index contributed by atoms with van der Waals surface area (Å²) in [7, 11) is 3.87. The highest BCUT2D eigenvalue weighted by Gasteiger charge is 2.20. The zero-order chi connectivity index (χ0) is 20.9. The summed E-state index contributed by atoms with van der Waals surface area (Å²) in [5.41, 5.74) is 2.43. The van der Waals surface area contributed by atoms with Crippen LogP contribution in [0.5, 0.6) is 0 Å². The Morgan fingerprint density at radius 1 is 1.07 bits per heavy atom. The minimum absolute atomic E-state index is 0.257. The van der Waals surface area contributed by atoms with Crippen LogP contribution in [0, 0.1) is 0 Å². The molecule has 7 nitrogen and oxygen atoms in total. The predicted octanol–water partition coefficient (Wildman–Crippen LogP) is 3.91. The summed E-state index contributed by atoms with van der Waals surface area (Å²) in [5, 5.41) is 4.51. The topological polar surface area (TPSA) is 84.2 Å². The SMILES string of the molecule is CN(C)c1ccc(CNC(=O)c2oc3ccccc3c2CSc2ncccn2)cn1. The van der Waals surface area contributed by atoms with Crippen LogP contribution < -0.4 is 10.2 Å². The van der Waals surface area contributed by atoms with Crippen molar-refractivity contribution in [3.63, 3.8) is 0 Å². The van der Waals surface area contributed by atoms with Crippen molar-refractivity contribution < 1.29 is 9.21 Å². The Bertz CT molecular complexity index is 1140. The first-order chi connectivity index (χ1) is 14.6. The molecule has 0 aliphatic heterocycles. The van der Waals surface area contributed by atoms with E-state index < -0.39 is 0 Å². The van der Waals surface area contributed by atoms with E-state index in [0.29, 0.717) is 28.8 Å². The molecule has 8 heteroatoms. The van der Waals surface area contributed by atoms with Crippen molar-refractivity contribution in [3.05, 3.63) is 77.9 Å². The van der Waals surface area contributed by atoms with Gasteiger partial charge < -0.3 is 14.6 Å². The number of hydrogen-bond donors (Lipinski definition) is 1. The Balaban J connectivity index is 1.52. The van der Waals surface area contributed by atoms with Crippen molar-refractivity contribution in [1.82, 2.24) is 20.3 Å². The van der Waals surface area contributed by atoms with E-state index in [9.17, 15) is 4.79 Å². The molecule has 0 unspecified atom stereocenters. The van der Waals surface area contributed by atoms with Gasteiger partial charge in [0.15, 0.2) is 10.9 Å².